The third-order valence-electron chi connectivity index (χ3n) is 2.05. The first-order valence-corrected chi connectivity index (χ1v) is 7.42. The van der Waals surface area contributed by atoms with Gasteiger partial charge in [0.25, 0.3) is 0 Å². The third kappa shape index (κ3) is 4.60. The van der Waals surface area contributed by atoms with Crippen molar-refractivity contribution in [3.63, 3.8) is 0 Å². The summed E-state index contributed by atoms with van der Waals surface area (Å²) in [7, 11) is 0. The maximum absolute atomic E-state index is 4.54. The molecule has 0 aromatic heterocycles. The number of amidine groups is 1. The van der Waals surface area contributed by atoms with Crippen molar-refractivity contribution in [2.45, 2.75) is 20.3 Å². The van der Waals surface area contributed by atoms with E-state index in [1.807, 2.05) is 23.5 Å². The van der Waals surface area contributed by atoms with Crippen LogP contribution in [0.15, 0.2) is 4.99 Å². The molecule has 82 valence electrons. The van der Waals surface area contributed by atoms with Gasteiger partial charge in [-0.15, -0.1) is 0 Å². The van der Waals surface area contributed by atoms with Crippen LogP contribution in [0.1, 0.15) is 20.3 Å². The van der Waals surface area contributed by atoms with E-state index in [1.165, 1.54) is 17.9 Å². The van der Waals surface area contributed by atoms with E-state index in [-0.39, 0.29) is 0 Å². The van der Waals surface area contributed by atoms with Crippen molar-refractivity contribution in [2.75, 3.05) is 30.9 Å². The highest BCUT2D eigenvalue weighted by atomic mass is 32.2. The Balaban J connectivity index is 2.17. The zero-order valence-electron chi connectivity index (χ0n) is 9.30. The standard InChI is InChI=1S/C10H20N2S2/c1-10(2)7-12-9(14-8-10)11-5-4-6-13-3/h4-8H2,1-3H3,(H,11,12). The second kappa shape index (κ2) is 5.91. The number of nitrogens with one attached hydrogen (secondary N) is 1. The van der Waals surface area contributed by atoms with E-state index in [1.54, 1.807) is 0 Å². The molecule has 1 heterocycles. The number of hydrogen-bond acceptors (Lipinski definition) is 4. The Hall–Kier alpha value is 0.170. The molecule has 1 rings (SSSR count). The van der Waals surface area contributed by atoms with Crippen LogP contribution in [0.25, 0.3) is 0 Å². The van der Waals surface area contributed by atoms with Gasteiger partial charge in [0.1, 0.15) is 0 Å². The molecule has 1 N–H and O–H groups in total. The molecular weight excluding hydrogens is 212 g/mol. The second-order valence-corrected chi connectivity index (χ2v) is 6.30. The Morgan fingerprint density at radius 3 is 2.93 bits per heavy atom. The maximum Gasteiger partial charge on any atom is 0.156 e. The van der Waals surface area contributed by atoms with Gasteiger partial charge < -0.3 is 5.32 Å². The van der Waals surface area contributed by atoms with E-state index in [9.17, 15) is 0 Å². The van der Waals surface area contributed by atoms with Gasteiger partial charge in [-0.05, 0) is 23.8 Å². The molecule has 0 atom stereocenters. The number of rotatable bonds is 4. The molecule has 0 aromatic carbocycles. The van der Waals surface area contributed by atoms with Gasteiger partial charge in [0.15, 0.2) is 5.17 Å². The number of thioether (sulfide) groups is 2. The van der Waals surface area contributed by atoms with Crippen LogP contribution in [0.4, 0.5) is 0 Å². The summed E-state index contributed by atoms with van der Waals surface area (Å²) in [6.07, 6.45) is 3.37. The summed E-state index contributed by atoms with van der Waals surface area (Å²) >= 11 is 3.76. The van der Waals surface area contributed by atoms with Crippen molar-refractivity contribution in [1.82, 2.24) is 5.32 Å². The van der Waals surface area contributed by atoms with E-state index in [0.717, 1.165) is 18.3 Å². The van der Waals surface area contributed by atoms with Crippen LogP contribution < -0.4 is 5.32 Å². The third-order valence-corrected chi connectivity index (χ3v) is 4.22. The maximum atomic E-state index is 4.54. The van der Waals surface area contributed by atoms with Gasteiger partial charge in [0.05, 0.1) is 0 Å². The average molecular weight is 232 g/mol. The molecule has 0 spiro atoms. The lowest BCUT2D eigenvalue weighted by Gasteiger charge is -2.27. The van der Waals surface area contributed by atoms with Crippen molar-refractivity contribution in [1.29, 1.82) is 0 Å². The Labute approximate surface area is 95.7 Å². The Morgan fingerprint density at radius 2 is 2.36 bits per heavy atom. The minimum atomic E-state index is 0.384. The normalized spacial score (nSPS) is 20.4. The number of hydrogen-bond donors (Lipinski definition) is 1. The van der Waals surface area contributed by atoms with E-state index in [0.29, 0.717) is 5.41 Å². The van der Waals surface area contributed by atoms with Crippen LogP contribution in [-0.2, 0) is 0 Å². The predicted molar refractivity (Wildman–Crippen MR) is 69.5 cm³/mol. The zero-order chi connectivity index (χ0) is 10.4. The Kier molecular flexibility index (Phi) is 5.17. The van der Waals surface area contributed by atoms with Gasteiger partial charge in [-0.1, -0.05) is 25.6 Å². The van der Waals surface area contributed by atoms with Gasteiger partial charge in [-0.3, -0.25) is 4.99 Å². The fourth-order valence-electron chi connectivity index (χ4n) is 1.16. The van der Waals surface area contributed by atoms with Gasteiger partial charge in [-0.2, -0.15) is 11.8 Å². The smallest absolute Gasteiger partial charge is 0.156 e. The Bertz CT molecular complexity index is 202. The first-order chi connectivity index (χ1) is 6.64. The summed E-state index contributed by atoms with van der Waals surface area (Å²) in [4.78, 5) is 4.54. The van der Waals surface area contributed by atoms with Crippen LogP contribution in [0, 0.1) is 5.41 Å². The molecule has 2 nitrogen and oxygen atoms in total. The lowest BCUT2D eigenvalue weighted by Crippen LogP contribution is -2.31. The molecular formula is C10H20N2S2. The van der Waals surface area contributed by atoms with Gasteiger partial charge in [0, 0.05) is 18.8 Å². The lowest BCUT2D eigenvalue weighted by molar-refractivity contribution is 0.436. The molecule has 0 saturated carbocycles. The number of nitrogens with zero attached hydrogens (tertiary/aromatic N) is 1. The quantitative estimate of drug-likeness (QED) is 0.754. The molecule has 0 aromatic rings. The van der Waals surface area contributed by atoms with Crippen molar-refractivity contribution >= 4 is 28.7 Å². The molecule has 0 radical (unpaired) electrons. The summed E-state index contributed by atoms with van der Waals surface area (Å²) in [6, 6.07) is 0. The fourth-order valence-corrected chi connectivity index (χ4v) is 2.57. The van der Waals surface area contributed by atoms with Crippen LogP contribution in [0.2, 0.25) is 0 Å². The van der Waals surface area contributed by atoms with Crippen molar-refractivity contribution in [3.8, 4) is 0 Å². The highest BCUT2D eigenvalue weighted by molar-refractivity contribution is 8.13. The summed E-state index contributed by atoms with van der Waals surface area (Å²) in [5.74, 6) is 2.41. The van der Waals surface area contributed by atoms with E-state index in [4.69, 9.17) is 0 Å². The van der Waals surface area contributed by atoms with E-state index < -0.39 is 0 Å². The van der Waals surface area contributed by atoms with Crippen LogP contribution in [0.5, 0.6) is 0 Å². The topological polar surface area (TPSA) is 24.4 Å². The summed E-state index contributed by atoms with van der Waals surface area (Å²) in [5, 5.41) is 4.54. The minimum Gasteiger partial charge on any atom is -0.365 e. The molecule has 4 heteroatoms. The largest absolute Gasteiger partial charge is 0.365 e. The molecule has 1 aliphatic rings. The molecule has 0 unspecified atom stereocenters. The summed E-state index contributed by atoms with van der Waals surface area (Å²) < 4.78 is 0. The molecule has 1 aliphatic heterocycles. The van der Waals surface area contributed by atoms with Crippen molar-refractivity contribution in [3.05, 3.63) is 0 Å². The molecule has 0 bridgehead atoms. The van der Waals surface area contributed by atoms with Gasteiger partial charge >= 0.3 is 0 Å². The van der Waals surface area contributed by atoms with Crippen molar-refractivity contribution < 1.29 is 0 Å². The average Bonchev–Trinajstić information content (AvgIpc) is 2.15. The van der Waals surface area contributed by atoms with Gasteiger partial charge in [-0.25, -0.2) is 0 Å². The predicted octanol–water partition coefficient (Wildman–Crippen LogP) is 2.46. The summed E-state index contributed by atoms with van der Waals surface area (Å²) in [5.41, 5.74) is 0.384. The second-order valence-electron chi connectivity index (χ2n) is 4.35. The fraction of sp³-hybridized carbons (Fsp3) is 0.900. The highest BCUT2D eigenvalue weighted by Crippen LogP contribution is 2.26. The molecule has 0 saturated heterocycles. The highest BCUT2D eigenvalue weighted by Gasteiger charge is 2.22. The molecule has 14 heavy (non-hydrogen) atoms. The minimum absolute atomic E-state index is 0.384. The SMILES string of the molecule is CSCCCNC1=NCC(C)(C)CS1. The monoisotopic (exact) mass is 232 g/mol. The van der Waals surface area contributed by atoms with Crippen LogP contribution >= 0.6 is 23.5 Å². The lowest BCUT2D eigenvalue weighted by atomic mass is 9.97. The molecule has 0 aliphatic carbocycles. The first-order valence-electron chi connectivity index (χ1n) is 5.04. The zero-order valence-corrected chi connectivity index (χ0v) is 10.9. The van der Waals surface area contributed by atoms with E-state index >= 15 is 0 Å². The first kappa shape index (κ1) is 12.2. The molecule has 0 amide bonds. The molecule has 0 fully saturated rings. The van der Waals surface area contributed by atoms with Crippen LogP contribution in [0.3, 0.4) is 0 Å². The number of aliphatic imine (C=N–C) groups is 1. The summed E-state index contributed by atoms with van der Waals surface area (Å²) in [6.45, 7) is 6.57. The van der Waals surface area contributed by atoms with Crippen LogP contribution in [-0.4, -0.2) is 36.0 Å². The van der Waals surface area contributed by atoms with Crippen molar-refractivity contribution in [2.24, 2.45) is 10.4 Å². The van der Waals surface area contributed by atoms with E-state index in [2.05, 4.69) is 30.4 Å². The Morgan fingerprint density at radius 1 is 1.57 bits per heavy atom. The van der Waals surface area contributed by atoms with Gasteiger partial charge in [0.2, 0.25) is 0 Å².